The fourth-order valence-corrected chi connectivity index (χ4v) is 4.81. The molecule has 176 valence electrons. The molecule has 5 rings (SSSR count). The number of hydrogen-bond acceptors (Lipinski definition) is 5. The molecule has 0 bridgehead atoms. The Morgan fingerprint density at radius 1 is 0.800 bits per heavy atom. The molecule has 7 heteroatoms. The lowest BCUT2D eigenvalue weighted by molar-refractivity contribution is -0.163. The van der Waals surface area contributed by atoms with E-state index in [0.29, 0.717) is 5.56 Å². The van der Waals surface area contributed by atoms with E-state index in [4.69, 9.17) is 0 Å². The molecule has 2 heterocycles. The molecule has 2 N–H and O–H groups in total. The van der Waals surface area contributed by atoms with Gasteiger partial charge < -0.3 is 15.1 Å². The summed E-state index contributed by atoms with van der Waals surface area (Å²) in [6.45, 7) is -0.494. The van der Waals surface area contributed by atoms with E-state index in [1.807, 2.05) is 36.4 Å². The molecule has 1 saturated heterocycles. The van der Waals surface area contributed by atoms with Crippen LogP contribution in [0.4, 0.5) is 0 Å². The Morgan fingerprint density at radius 3 is 1.91 bits per heavy atom. The smallest absolute Gasteiger partial charge is 0.262 e. The van der Waals surface area contributed by atoms with Gasteiger partial charge in [-0.05, 0) is 23.3 Å². The van der Waals surface area contributed by atoms with E-state index in [1.54, 1.807) is 60.7 Å². The second kappa shape index (κ2) is 9.29. The molecule has 2 aliphatic heterocycles. The summed E-state index contributed by atoms with van der Waals surface area (Å²) in [5.74, 6) is -1.55. The van der Waals surface area contributed by atoms with Crippen LogP contribution in [0.5, 0.6) is 0 Å². The SMILES string of the molecule is O=C1c2ccccc2C(=O)N1[C@@H]1C(=O)N([C@@H](CO)[C@@H](O)c2ccccc2)[C@@H]1/C=C/c1ccccc1. The normalized spacial score (nSPS) is 21.3. The van der Waals surface area contributed by atoms with Crippen LogP contribution in [0.3, 0.4) is 0 Å². The maximum atomic E-state index is 13.5. The lowest BCUT2D eigenvalue weighted by atomic mass is 9.87. The molecule has 4 atom stereocenters. The van der Waals surface area contributed by atoms with Gasteiger partial charge in [-0.2, -0.15) is 0 Å². The van der Waals surface area contributed by atoms with Crippen molar-refractivity contribution in [3.63, 3.8) is 0 Å². The Labute approximate surface area is 202 Å². The highest BCUT2D eigenvalue weighted by molar-refractivity contribution is 6.23. The van der Waals surface area contributed by atoms with Crippen LogP contribution in [-0.2, 0) is 4.79 Å². The van der Waals surface area contributed by atoms with E-state index in [-0.39, 0.29) is 11.1 Å². The summed E-state index contributed by atoms with van der Waals surface area (Å²) >= 11 is 0. The van der Waals surface area contributed by atoms with Crippen molar-refractivity contribution in [2.75, 3.05) is 6.61 Å². The van der Waals surface area contributed by atoms with Crippen molar-refractivity contribution in [1.29, 1.82) is 0 Å². The van der Waals surface area contributed by atoms with Crippen LogP contribution >= 0.6 is 0 Å². The highest BCUT2D eigenvalue weighted by Gasteiger charge is 2.57. The van der Waals surface area contributed by atoms with Gasteiger partial charge in [-0.25, -0.2) is 0 Å². The van der Waals surface area contributed by atoms with E-state index >= 15 is 0 Å². The first-order valence-electron chi connectivity index (χ1n) is 11.4. The van der Waals surface area contributed by atoms with Crippen molar-refractivity contribution in [2.45, 2.75) is 24.2 Å². The lowest BCUT2D eigenvalue weighted by Crippen LogP contribution is -2.74. The van der Waals surface area contributed by atoms with Crippen LogP contribution in [0.1, 0.15) is 37.9 Å². The number of amides is 3. The first-order valence-corrected chi connectivity index (χ1v) is 11.4. The van der Waals surface area contributed by atoms with Crippen molar-refractivity contribution in [3.05, 3.63) is 113 Å². The number of nitrogens with zero attached hydrogens (tertiary/aromatic N) is 2. The van der Waals surface area contributed by atoms with Gasteiger partial charge in [-0.15, -0.1) is 0 Å². The van der Waals surface area contributed by atoms with E-state index < -0.39 is 48.6 Å². The molecule has 7 nitrogen and oxygen atoms in total. The van der Waals surface area contributed by atoms with Crippen molar-refractivity contribution in [3.8, 4) is 0 Å². The summed E-state index contributed by atoms with van der Waals surface area (Å²) in [6.07, 6.45) is 2.39. The number of carbonyl (C=O) groups is 3. The Morgan fingerprint density at radius 2 is 1.34 bits per heavy atom. The zero-order valence-corrected chi connectivity index (χ0v) is 18.8. The third-order valence-corrected chi connectivity index (χ3v) is 6.59. The number of rotatable bonds is 7. The molecular weight excluding hydrogens is 444 g/mol. The molecule has 1 fully saturated rings. The third kappa shape index (κ3) is 3.84. The van der Waals surface area contributed by atoms with E-state index in [2.05, 4.69) is 0 Å². The zero-order chi connectivity index (χ0) is 24.5. The van der Waals surface area contributed by atoms with Gasteiger partial charge in [-0.3, -0.25) is 19.3 Å². The van der Waals surface area contributed by atoms with Crippen molar-refractivity contribution >= 4 is 23.8 Å². The molecule has 0 radical (unpaired) electrons. The minimum absolute atomic E-state index is 0.262. The van der Waals surface area contributed by atoms with Crippen LogP contribution in [0, 0.1) is 0 Å². The van der Waals surface area contributed by atoms with Gasteiger partial charge in [0.15, 0.2) is 0 Å². The molecule has 35 heavy (non-hydrogen) atoms. The molecule has 3 aromatic rings. The van der Waals surface area contributed by atoms with Crippen molar-refractivity contribution < 1.29 is 24.6 Å². The maximum Gasteiger partial charge on any atom is 0.262 e. The number of benzene rings is 3. The molecule has 0 spiro atoms. The summed E-state index contributed by atoms with van der Waals surface area (Å²) in [4.78, 5) is 42.1. The number of carbonyl (C=O) groups excluding carboxylic acids is 3. The number of likely N-dealkylation sites (tertiary alicyclic amines) is 1. The van der Waals surface area contributed by atoms with E-state index in [9.17, 15) is 24.6 Å². The van der Waals surface area contributed by atoms with Gasteiger partial charge in [0, 0.05) is 0 Å². The summed E-state index contributed by atoms with van der Waals surface area (Å²) < 4.78 is 0. The predicted molar refractivity (Wildman–Crippen MR) is 129 cm³/mol. The van der Waals surface area contributed by atoms with Gasteiger partial charge in [0.05, 0.1) is 29.8 Å². The van der Waals surface area contributed by atoms with Crippen LogP contribution in [0.15, 0.2) is 91.0 Å². The van der Waals surface area contributed by atoms with Crippen LogP contribution in [0.2, 0.25) is 0 Å². The van der Waals surface area contributed by atoms with E-state index in [1.165, 1.54) is 4.90 Å². The molecular formula is C28H24N2O5. The molecule has 3 aromatic carbocycles. The maximum absolute atomic E-state index is 13.5. The van der Waals surface area contributed by atoms with Gasteiger partial charge in [0.1, 0.15) is 12.1 Å². The van der Waals surface area contributed by atoms with Crippen LogP contribution in [-0.4, -0.2) is 62.5 Å². The largest absolute Gasteiger partial charge is 0.394 e. The number of aliphatic hydroxyl groups excluding tert-OH is 2. The Bertz CT molecular complexity index is 1260. The van der Waals surface area contributed by atoms with Gasteiger partial charge >= 0.3 is 0 Å². The topological polar surface area (TPSA) is 98.2 Å². The highest BCUT2D eigenvalue weighted by atomic mass is 16.3. The summed E-state index contributed by atoms with van der Waals surface area (Å²) in [6, 6.07) is 21.9. The number of aliphatic hydroxyl groups is 2. The fourth-order valence-electron chi connectivity index (χ4n) is 4.81. The molecule has 0 unspecified atom stereocenters. The molecule has 0 aromatic heterocycles. The lowest BCUT2D eigenvalue weighted by Gasteiger charge is -2.52. The molecule has 0 saturated carbocycles. The van der Waals surface area contributed by atoms with Crippen LogP contribution < -0.4 is 0 Å². The van der Waals surface area contributed by atoms with Crippen molar-refractivity contribution in [1.82, 2.24) is 9.80 Å². The molecule has 0 aliphatic carbocycles. The van der Waals surface area contributed by atoms with Crippen LogP contribution in [0.25, 0.3) is 6.08 Å². The molecule has 3 amide bonds. The second-order valence-corrected chi connectivity index (χ2v) is 8.58. The minimum Gasteiger partial charge on any atom is -0.394 e. The monoisotopic (exact) mass is 468 g/mol. The first-order chi connectivity index (χ1) is 17.0. The van der Waals surface area contributed by atoms with Gasteiger partial charge in [-0.1, -0.05) is 84.9 Å². The first kappa shape index (κ1) is 22.7. The average molecular weight is 469 g/mol. The standard InChI is InChI=1S/C28H24N2O5/c31-17-23(25(32)19-11-5-2-6-12-19)29-22(16-15-18-9-3-1-4-10-18)24(28(29)35)30-26(33)20-13-7-8-14-21(20)27(30)34/h1-16,22-25,31-32H,17H2/b16-15+/t22-,23+,24+,25+/m1/s1. The third-order valence-electron chi connectivity index (χ3n) is 6.59. The fraction of sp³-hybridized carbons (Fsp3) is 0.179. The minimum atomic E-state index is -1.15. The highest BCUT2D eigenvalue weighted by Crippen LogP contribution is 2.37. The zero-order valence-electron chi connectivity index (χ0n) is 18.8. The van der Waals surface area contributed by atoms with Gasteiger partial charge in [0.25, 0.3) is 11.8 Å². The average Bonchev–Trinajstić information content (AvgIpc) is 3.15. The number of imide groups is 1. The summed E-state index contributed by atoms with van der Waals surface area (Å²) in [5.41, 5.74) is 1.95. The van der Waals surface area contributed by atoms with Crippen molar-refractivity contribution in [2.24, 2.45) is 0 Å². The number of fused-ring (bicyclic) bond motifs is 1. The Kier molecular flexibility index (Phi) is 6.03. The van der Waals surface area contributed by atoms with E-state index in [0.717, 1.165) is 10.5 Å². The Hall–Kier alpha value is -4.07. The quantitative estimate of drug-likeness (QED) is 0.410. The summed E-state index contributed by atoms with van der Waals surface area (Å²) in [5, 5.41) is 21.2. The summed E-state index contributed by atoms with van der Waals surface area (Å²) in [7, 11) is 0. The number of β-lactam (4-membered cyclic amide) rings is 1. The Balaban J connectivity index is 1.51. The van der Waals surface area contributed by atoms with Gasteiger partial charge in [0.2, 0.25) is 5.91 Å². The second-order valence-electron chi connectivity index (χ2n) is 8.58. The molecule has 2 aliphatic rings. The number of hydrogen-bond donors (Lipinski definition) is 2. The predicted octanol–water partition coefficient (Wildman–Crippen LogP) is 2.67.